The minimum absolute atomic E-state index is 0.0886. The molecule has 7 heteroatoms. The van der Waals surface area contributed by atoms with Crippen LogP contribution in [-0.4, -0.2) is 60.3 Å². The summed E-state index contributed by atoms with van der Waals surface area (Å²) in [6.07, 6.45) is 1.51. The van der Waals surface area contributed by atoms with Crippen molar-refractivity contribution in [2.24, 2.45) is 0 Å². The van der Waals surface area contributed by atoms with Crippen LogP contribution in [0.25, 0.3) is 0 Å². The lowest BCUT2D eigenvalue weighted by Crippen LogP contribution is -2.39. The second-order valence-electron chi connectivity index (χ2n) is 4.49. The Morgan fingerprint density at radius 2 is 2.05 bits per heavy atom. The van der Waals surface area contributed by atoms with Crippen LogP contribution < -0.4 is 10.6 Å². The summed E-state index contributed by atoms with van der Waals surface area (Å²) in [4.78, 5) is 35.7. The van der Waals surface area contributed by atoms with Gasteiger partial charge >= 0.3 is 0 Å². The standard InChI is InChI=1S/C12H21N3O3S/c1-9-3-4-12(18)15(9)6-5-14-11(17)8-19-7-10(16)13-2/h9H,3-8H2,1-2H3,(H,13,16)(H,14,17)/t9-/m1/s1. The molecular weight excluding hydrogens is 266 g/mol. The normalized spacial score (nSPS) is 18.5. The first-order chi connectivity index (χ1) is 9.04. The largest absolute Gasteiger partial charge is 0.358 e. The number of carbonyl (C=O) groups excluding carboxylic acids is 3. The van der Waals surface area contributed by atoms with E-state index in [4.69, 9.17) is 0 Å². The molecule has 6 nitrogen and oxygen atoms in total. The molecule has 108 valence electrons. The number of hydrogen-bond donors (Lipinski definition) is 2. The minimum Gasteiger partial charge on any atom is -0.358 e. The zero-order chi connectivity index (χ0) is 14.3. The molecule has 0 aromatic carbocycles. The maximum absolute atomic E-state index is 11.5. The van der Waals surface area contributed by atoms with Crippen LogP contribution in [0, 0.1) is 0 Å². The first-order valence-electron chi connectivity index (χ1n) is 6.39. The van der Waals surface area contributed by atoms with Gasteiger partial charge in [-0.25, -0.2) is 0 Å². The van der Waals surface area contributed by atoms with E-state index in [1.807, 2.05) is 6.92 Å². The first-order valence-corrected chi connectivity index (χ1v) is 7.54. The van der Waals surface area contributed by atoms with E-state index in [-0.39, 0.29) is 35.3 Å². The van der Waals surface area contributed by atoms with Gasteiger partial charge in [0.15, 0.2) is 0 Å². The van der Waals surface area contributed by atoms with Crippen molar-refractivity contribution in [3.63, 3.8) is 0 Å². The van der Waals surface area contributed by atoms with Gasteiger partial charge in [0.05, 0.1) is 11.5 Å². The van der Waals surface area contributed by atoms with Gasteiger partial charge in [0.1, 0.15) is 0 Å². The molecule has 0 bridgehead atoms. The predicted octanol–water partition coefficient (Wildman–Crippen LogP) is -0.407. The third kappa shape index (κ3) is 5.50. The number of thioether (sulfide) groups is 1. The van der Waals surface area contributed by atoms with Crippen LogP contribution in [0.15, 0.2) is 0 Å². The molecule has 0 saturated carbocycles. The van der Waals surface area contributed by atoms with Crippen molar-refractivity contribution >= 4 is 29.5 Å². The molecule has 0 radical (unpaired) electrons. The molecule has 0 aliphatic carbocycles. The number of hydrogen-bond acceptors (Lipinski definition) is 4. The van der Waals surface area contributed by atoms with Crippen LogP contribution in [0.3, 0.4) is 0 Å². The fourth-order valence-corrected chi connectivity index (χ4v) is 2.62. The average Bonchev–Trinajstić information content (AvgIpc) is 2.70. The monoisotopic (exact) mass is 287 g/mol. The Labute approximate surface area is 117 Å². The highest BCUT2D eigenvalue weighted by atomic mass is 32.2. The molecule has 3 amide bonds. The Kier molecular flexibility index (Phi) is 6.69. The van der Waals surface area contributed by atoms with Crippen molar-refractivity contribution in [1.82, 2.24) is 15.5 Å². The van der Waals surface area contributed by atoms with E-state index >= 15 is 0 Å². The van der Waals surface area contributed by atoms with Gasteiger partial charge in [-0.15, -0.1) is 11.8 Å². The summed E-state index contributed by atoms with van der Waals surface area (Å²) in [6.45, 7) is 3.05. The predicted molar refractivity (Wildman–Crippen MR) is 74.8 cm³/mol. The van der Waals surface area contributed by atoms with Crippen LogP contribution in [-0.2, 0) is 14.4 Å². The quantitative estimate of drug-likeness (QED) is 0.667. The van der Waals surface area contributed by atoms with Crippen molar-refractivity contribution in [3.05, 3.63) is 0 Å². The van der Waals surface area contributed by atoms with Crippen LogP contribution in [0.4, 0.5) is 0 Å². The first kappa shape index (κ1) is 15.8. The topological polar surface area (TPSA) is 78.5 Å². The molecule has 1 fully saturated rings. The Balaban J connectivity index is 2.10. The number of rotatable bonds is 7. The third-order valence-electron chi connectivity index (χ3n) is 3.05. The molecule has 0 spiro atoms. The fourth-order valence-electron chi connectivity index (χ4n) is 1.90. The zero-order valence-electron chi connectivity index (χ0n) is 11.4. The number of likely N-dealkylation sites (tertiary alicyclic amines) is 1. The average molecular weight is 287 g/mol. The molecule has 1 aliphatic heterocycles. The lowest BCUT2D eigenvalue weighted by atomic mass is 10.2. The van der Waals surface area contributed by atoms with E-state index in [2.05, 4.69) is 10.6 Å². The molecule has 0 aromatic rings. The molecule has 0 unspecified atom stereocenters. The molecule has 1 aliphatic rings. The molecular formula is C12H21N3O3S. The Morgan fingerprint density at radius 1 is 1.37 bits per heavy atom. The van der Waals surface area contributed by atoms with Crippen LogP contribution >= 0.6 is 11.8 Å². The van der Waals surface area contributed by atoms with Gasteiger partial charge in [-0.05, 0) is 13.3 Å². The lowest BCUT2D eigenvalue weighted by molar-refractivity contribution is -0.129. The van der Waals surface area contributed by atoms with E-state index in [1.54, 1.807) is 11.9 Å². The molecule has 1 heterocycles. The molecule has 19 heavy (non-hydrogen) atoms. The van der Waals surface area contributed by atoms with Gasteiger partial charge in [0.2, 0.25) is 17.7 Å². The number of nitrogens with one attached hydrogen (secondary N) is 2. The van der Waals surface area contributed by atoms with Gasteiger partial charge in [-0.2, -0.15) is 0 Å². The molecule has 1 saturated heterocycles. The van der Waals surface area contributed by atoms with Crippen LogP contribution in [0.5, 0.6) is 0 Å². The summed E-state index contributed by atoms with van der Waals surface area (Å²) in [6, 6.07) is 0.270. The van der Waals surface area contributed by atoms with E-state index in [1.165, 1.54) is 11.8 Å². The second-order valence-corrected chi connectivity index (χ2v) is 5.48. The van der Waals surface area contributed by atoms with Crippen molar-refractivity contribution in [2.45, 2.75) is 25.8 Å². The molecule has 1 atom stereocenters. The Bertz CT molecular complexity index is 349. The van der Waals surface area contributed by atoms with Crippen LogP contribution in [0.2, 0.25) is 0 Å². The summed E-state index contributed by atoms with van der Waals surface area (Å²) < 4.78 is 0. The summed E-state index contributed by atoms with van der Waals surface area (Å²) in [7, 11) is 1.57. The second kappa shape index (κ2) is 8.04. The Morgan fingerprint density at radius 3 is 2.63 bits per heavy atom. The third-order valence-corrected chi connectivity index (χ3v) is 3.98. The molecule has 0 aromatic heterocycles. The van der Waals surface area contributed by atoms with E-state index in [0.717, 1.165) is 6.42 Å². The van der Waals surface area contributed by atoms with Crippen molar-refractivity contribution < 1.29 is 14.4 Å². The van der Waals surface area contributed by atoms with E-state index in [9.17, 15) is 14.4 Å². The van der Waals surface area contributed by atoms with Crippen molar-refractivity contribution in [2.75, 3.05) is 31.6 Å². The van der Waals surface area contributed by atoms with Crippen LogP contribution in [0.1, 0.15) is 19.8 Å². The number of amides is 3. The molecule has 2 N–H and O–H groups in total. The fraction of sp³-hybridized carbons (Fsp3) is 0.750. The van der Waals surface area contributed by atoms with Crippen molar-refractivity contribution in [1.29, 1.82) is 0 Å². The van der Waals surface area contributed by atoms with Gasteiger partial charge in [0.25, 0.3) is 0 Å². The number of nitrogens with zero attached hydrogens (tertiary/aromatic N) is 1. The van der Waals surface area contributed by atoms with Gasteiger partial charge in [0, 0.05) is 32.6 Å². The summed E-state index contributed by atoms with van der Waals surface area (Å²) in [5, 5.41) is 5.25. The highest BCUT2D eigenvalue weighted by Crippen LogP contribution is 2.16. The maximum atomic E-state index is 11.5. The van der Waals surface area contributed by atoms with E-state index < -0.39 is 0 Å². The van der Waals surface area contributed by atoms with E-state index in [0.29, 0.717) is 19.5 Å². The van der Waals surface area contributed by atoms with Gasteiger partial charge < -0.3 is 15.5 Å². The summed E-state index contributed by atoms with van der Waals surface area (Å²) >= 11 is 1.27. The number of carbonyl (C=O) groups is 3. The van der Waals surface area contributed by atoms with Gasteiger partial charge in [-0.3, -0.25) is 14.4 Å². The van der Waals surface area contributed by atoms with Gasteiger partial charge in [-0.1, -0.05) is 0 Å². The van der Waals surface area contributed by atoms with Crippen molar-refractivity contribution in [3.8, 4) is 0 Å². The SMILES string of the molecule is CNC(=O)CSCC(=O)NCCN1C(=O)CC[C@H]1C. The molecule has 1 rings (SSSR count). The minimum atomic E-state index is -0.104. The highest BCUT2D eigenvalue weighted by molar-refractivity contribution is 8.00. The zero-order valence-corrected chi connectivity index (χ0v) is 12.2. The smallest absolute Gasteiger partial charge is 0.230 e. The lowest BCUT2D eigenvalue weighted by Gasteiger charge is -2.21. The summed E-state index contributed by atoms with van der Waals surface area (Å²) in [5.74, 6) is 0.515. The maximum Gasteiger partial charge on any atom is 0.230 e. The highest BCUT2D eigenvalue weighted by Gasteiger charge is 2.26. The Hall–Kier alpha value is -1.24. The summed E-state index contributed by atoms with van der Waals surface area (Å²) in [5.41, 5.74) is 0.